The van der Waals surface area contributed by atoms with E-state index in [0.29, 0.717) is 23.7 Å². The van der Waals surface area contributed by atoms with Crippen molar-refractivity contribution in [3.05, 3.63) is 24.0 Å². The number of aromatic nitrogens is 2. The first-order valence-electron chi connectivity index (χ1n) is 6.18. The van der Waals surface area contributed by atoms with E-state index in [0.717, 1.165) is 11.5 Å². The molecule has 106 valence electrons. The zero-order valence-electron chi connectivity index (χ0n) is 10.9. The number of ether oxygens (including phenoxy) is 2. The Balaban J connectivity index is 1.85. The summed E-state index contributed by atoms with van der Waals surface area (Å²) in [5, 5.41) is 13.9. The van der Waals surface area contributed by atoms with Crippen LogP contribution in [0.1, 0.15) is 11.9 Å². The second kappa shape index (κ2) is 5.72. The molecule has 2 aromatic rings. The van der Waals surface area contributed by atoms with Crippen LogP contribution >= 0.6 is 11.8 Å². The predicted octanol–water partition coefficient (Wildman–Crippen LogP) is 2.26. The highest BCUT2D eigenvalue weighted by molar-refractivity contribution is 7.99. The van der Waals surface area contributed by atoms with Gasteiger partial charge in [0.25, 0.3) is 5.89 Å². The van der Waals surface area contributed by atoms with Gasteiger partial charge in [0.15, 0.2) is 0 Å². The molecule has 1 saturated heterocycles. The number of aromatic hydroxyl groups is 1. The van der Waals surface area contributed by atoms with E-state index in [1.54, 1.807) is 23.9 Å². The molecule has 0 bridgehead atoms. The molecule has 1 aliphatic rings. The number of hydrogen-bond acceptors (Lipinski definition) is 7. The Hall–Kier alpha value is -1.73. The van der Waals surface area contributed by atoms with Gasteiger partial charge in [0.05, 0.1) is 19.3 Å². The molecule has 0 radical (unpaired) electrons. The lowest BCUT2D eigenvalue weighted by Crippen LogP contribution is -2.16. The number of phenolic OH excluding ortho intramolecular Hbond substituents is 1. The predicted molar refractivity (Wildman–Crippen MR) is 74.0 cm³/mol. The molecular weight excluding hydrogens is 280 g/mol. The van der Waals surface area contributed by atoms with E-state index >= 15 is 0 Å². The number of methoxy groups -OCH3 is 1. The van der Waals surface area contributed by atoms with Crippen LogP contribution in [0.5, 0.6) is 11.5 Å². The lowest BCUT2D eigenvalue weighted by Gasteiger charge is -2.18. The minimum absolute atomic E-state index is 0.0403. The van der Waals surface area contributed by atoms with E-state index in [2.05, 4.69) is 10.1 Å². The lowest BCUT2D eigenvalue weighted by atomic mass is 10.2. The number of nitrogens with zero attached hydrogens (tertiary/aromatic N) is 2. The molecule has 1 unspecified atom stereocenters. The third-order valence-corrected chi connectivity index (χ3v) is 3.97. The van der Waals surface area contributed by atoms with Gasteiger partial charge in [0, 0.05) is 17.6 Å². The number of benzene rings is 1. The van der Waals surface area contributed by atoms with E-state index in [1.807, 2.05) is 0 Å². The van der Waals surface area contributed by atoms with Gasteiger partial charge in [0.1, 0.15) is 17.6 Å². The Bertz CT molecular complexity index is 596. The molecule has 0 saturated carbocycles. The maximum atomic E-state index is 9.95. The van der Waals surface area contributed by atoms with Gasteiger partial charge in [-0.1, -0.05) is 5.16 Å². The molecule has 0 spiro atoms. The van der Waals surface area contributed by atoms with Crippen LogP contribution in [0.15, 0.2) is 22.7 Å². The average molecular weight is 294 g/mol. The van der Waals surface area contributed by atoms with Crippen molar-refractivity contribution in [3.8, 4) is 23.0 Å². The van der Waals surface area contributed by atoms with E-state index in [4.69, 9.17) is 14.0 Å². The van der Waals surface area contributed by atoms with E-state index < -0.39 is 0 Å². The number of hydrogen-bond donors (Lipinski definition) is 1. The van der Waals surface area contributed by atoms with Crippen molar-refractivity contribution in [1.82, 2.24) is 10.1 Å². The Kier molecular flexibility index (Phi) is 3.79. The number of rotatable bonds is 3. The highest BCUT2D eigenvalue weighted by atomic mass is 32.2. The van der Waals surface area contributed by atoms with Crippen LogP contribution in [0.4, 0.5) is 0 Å². The smallest absolute Gasteiger partial charge is 0.261 e. The molecule has 2 heterocycles. The van der Waals surface area contributed by atoms with Crippen LogP contribution in [0, 0.1) is 0 Å². The molecule has 1 aromatic heterocycles. The quantitative estimate of drug-likeness (QED) is 0.930. The Morgan fingerprint density at radius 3 is 3.05 bits per heavy atom. The Morgan fingerprint density at radius 2 is 2.35 bits per heavy atom. The fraction of sp³-hybridized carbons (Fsp3) is 0.385. The van der Waals surface area contributed by atoms with E-state index in [9.17, 15) is 5.11 Å². The molecule has 1 N–H and O–H groups in total. The molecule has 0 amide bonds. The van der Waals surface area contributed by atoms with Gasteiger partial charge < -0.3 is 19.1 Å². The summed E-state index contributed by atoms with van der Waals surface area (Å²) in [5.41, 5.74) is 0.480. The van der Waals surface area contributed by atoms with Crippen molar-refractivity contribution in [2.75, 3.05) is 25.2 Å². The number of thioether (sulfide) groups is 1. The molecule has 7 heteroatoms. The first-order chi connectivity index (χ1) is 9.78. The van der Waals surface area contributed by atoms with Gasteiger partial charge in [-0.15, -0.1) is 0 Å². The van der Waals surface area contributed by atoms with Crippen molar-refractivity contribution in [3.63, 3.8) is 0 Å². The standard InChI is InChI=1S/C13H14N2O4S/c1-17-8-2-3-9(10(16)6-8)13-14-12(15-19-13)11-7-20-5-4-18-11/h2-3,6,11,16H,4-5,7H2,1H3. The molecule has 1 aliphatic heterocycles. The molecule has 6 nitrogen and oxygen atoms in total. The third kappa shape index (κ3) is 2.59. The summed E-state index contributed by atoms with van der Waals surface area (Å²) in [6.45, 7) is 0.687. The summed E-state index contributed by atoms with van der Waals surface area (Å²) in [7, 11) is 1.54. The summed E-state index contributed by atoms with van der Waals surface area (Å²) >= 11 is 1.80. The lowest BCUT2D eigenvalue weighted by molar-refractivity contribution is 0.0677. The van der Waals surface area contributed by atoms with Gasteiger partial charge in [-0.2, -0.15) is 16.7 Å². The highest BCUT2D eigenvalue weighted by Gasteiger charge is 2.23. The van der Waals surface area contributed by atoms with Crippen LogP contribution < -0.4 is 4.74 Å². The monoisotopic (exact) mass is 294 g/mol. The van der Waals surface area contributed by atoms with Gasteiger partial charge in [0.2, 0.25) is 5.82 Å². The minimum atomic E-state index is -0.147. The van der Waals surface area contributed by atoms with Gasteiger partial charge in [-0.3, -0.25) is 0 Å². The van der Waals surface area contributed by atoms with Gasteiger partial charge in [-0.05, 0) is 12.1 Å². The van der Waals surface area contributed by atoms with Crippen molar-refractivity contribution < 1.29 is 19.1 Å². The van der Waals surface area contributed by atoms with Crippen LogP contribution in [0.2, 0.25) is 0 Å². The fourth-order valence-electron chi connectivity index (χ4n) is 1.93. The Morgan fingerprint density at radius 1 is 1.45 bits per heavy atom. The van der Waals surface area contributed by atoms with Gasteiger partial charge in [-0.25, -0.2) is 0 Å². The maximum absolute atomic E-state index is 9.95. The van der Waals surface area contributed by atoms with Crippen LogP contribution in [0.25, 0.3) is 11.5 Å². The summed E-state index contributed by atoms with van der Waals surface area (Å²) in [5.74, 6) is 3.20. The zero-order valence-corrected chi connectivity index (χ0v) is 11.7. The molecule has 3 rings (SSSR count). The zero-order chi connectivity index (χ0) is 13.9. The molecule has 1 atom stereocenters. The summed E-state index contributed by atoms with van der Waals surface area (Å²) in [4.78, 5) is 4.30. The highest BCUT2D eigenvalue weighted by Crippen LogP contribution is 2.33. The van der Waals surface area contributed by atoms with Crippen molar-refractivity contribution in [2.45, 2.75) is 6.10 Å². The SMILES string of the molecule is COc1ccc(-c2nc(C3CSCCO3)no2)c(O)c1. The second-order valence-electron chi connectivity index (χ2n) is 4.28. The topological polar surface area (TPSA) is 77.6 Å². The second-order valence-corrected chi connectivity index (χ2v) is 5.42. The van der Waals surface area contributed by atoms with Crippen molar-refractivity contribution in [1.29, 1.82) is 0 Å². The van der Waals surface area contributed by atoms with Crippen molar-refractivity contribution in [2.24, 2.45) is 0 Å². The minimum Gasteiger partial charge on any atom is -0.507 e. The normalized spacial score (nSPS) is 18.9. The third-order valence-electron chi connectivity index (χ3n) is 2.98. The molecule has 1 fully saturated rings. The Labute approximate surface area is 120 Å². The van der Waals surface area contributed by atoms with Crippen LogP contribution in [0.3, 0.4) is 0 Å². The first kappa shape index (κ1) is 13.3. The van der Waals surface area contributed by atoms with Crippen molar-refractivity contribution >= 4 is 11.8 Å². The molecule has 1 aromatic carbocycles. The largest absolute Gasteiger partial charge is 0.507 e. The fourth-order valence-corrected chi connectivity index (χ4v) is 2.77. The van der Waals surface area contributed by atoms with Crippen LogP contribution in [-0.4, -0.2) is 40.5 Å². The molecule has 20 heavy (non-hydrogen) atoms. The molecular formula is C13H14N2O4S. The van der Waals surface area contributed by atoms with E-state index in [1.165, 1.54) is 13.2 Å². The average Bonchev–Trinajstić information content (AvgIpc) is 2.97. The van der Waals surface area contributed by atoms with Gasteiger partial charge >= 0.3 is 0 Å². The number of phenols is 1. The summed E-state index contributed by atoms with van der Waals surface area (Å²) < 4.78 is 15.8. The summed E-state index contributed by atoms with van der Waals surface area (Å²) in [6, 6.07) is 4.92. The van der Waals surface area contributed by atoms with E-state index in [-0.39, 0.29) is 17.7 Å². The summed E-state index contributed by atoms with van der Waals surface area (Å²) in [6.07, 6.45) is -0.147. The first-order valence-corrected chi connectivity index (χ1v) is 7.33. The maximum Gasteiger partial charge on any atom is 0.261 e. The molecule has 0 aliphatic carbocycles. The van der Waals surface area contributed by atoms with Crippen LogP contribution in [-0.2, 0) is 4.74 Å².